The molecule has 0 bridgehead atoms. The highest BCUT2D eigenvalue weighted by Gasteiger charge is 2.42. The Balaban J connectivity index is 2.50. The van der Waals surface area contributed by atoms with Gasteiger partial charge in [-0.25, -0.2) is 0 Å². The van der Waals surface area contributed by atoms with E-state index in [1.54, 1.807) is 0 Å². The number of aliphatic hydroxyl groups excluding tert-OH is 4. The van der Waals surface area contributed by atoms with E-state index in [4.69, 9.17) is 15.4 Å². The predicted molar refractivity (Wildman–Crippen MR) is 57.0 cm³/mol. The van der Waals surface area contributed by atoms with E-state index in [-0.39, 0.29) is 6.54 Å². The smallest absolute Gasteiger partial charge is 0.111 e. The Bertz CT molecular complexity index is 282. The topological polar surface area (TPSA) is 139 Å². The van der Waals surface area contributed by atoms with Crippen LogP contribution in [0.4, 0.5) is 0 Å². The lowest BCUT2D eigenvalue weighted by Crippen LogP contribution is -2.58. The number of nitrogens with zero attached hydrogens (tertiary/aromatic N) is 3. The number of aliphatic hydroxyl groups is 4. The highest BCUT2D eigenvalue weighted by molar-refractivity contribution is 4.91. The molecule has 0 amide bonds. The summed E-state index contributed by atoms with van der Waals surface area (Å²) in [6.07, 6.45) is -4.57. The van der Waals surface area contributed by atoms with Crippen molar-refractivity contribution in [1.29, 1.82) is 0 Å². The molecular formula is C9H17N3O5. The van der Waals surface area contributed by atoms with Crippen molar-refractivity contribution < 1.29 is 25.2 Å². The quantitative estimate of drug-likeness (QED) is 0.212. The maximum absolute atomic E-state index is 9.66. The number of hydrogen-bond donors (Lipinski definition) is 4. The van der Waals surface area contributed by atoms with E-state index in [2.05, 4.69) is 10.0 Å². The zero-order chi connectivity index (χ0) is 12.8. The molecule has 5 atom stereocenters. The van der Waals surface area contributed by atoms with Gasteiger partial charge in [-0.15, -0.1) is 0 Å². The van der Waals surface area contributed by atoms with Crippen LogP contribution in [0.2, 0.25) is 0 Å². The summed E-state index contributed by atoms with van der Waals surface area (Å²) in [5, 5.41) is 41.0. The van der Waals surface area contributed by atoms with Gasteiger partial charge in [0.2, 0.25) is 0 Å². The fraction of sp³-hybridized carbons (Fsp3) is 1.00. The SMILES string of the molecule is [N-]=[N+]=NCCC[C@H]1OC(CO)[C@H](O)[C@H](O)C1O. The zero-order valence-electron chi connectivity index (χ0n) is 9.25. The first-order chi connectivity index (χ1) is 8.11. The number of rotatable bonds is 5. The molecule has 8 heteroatoms. The first-order valence-corrected chi connectivity index (χ1v) is 5.43. The van der Waals surface area contributed by atoms with Crippen molar-refractivity contribution >= 4 is 0 Å². The number of ether oxygens (including phenoxy) is 1. The Labute approximate surface area is 98.1 Å². The maximum atomic E-state index is 9.66. The monoisotopic (exact) mass is 247 g/mol. The number of hydrogen-bond acceptors (Lipinski definition) is 6. The first kappa shape index (κ1) is 14.2. The molecule has 1 fully saturated rings. The third-order valence-corrected chi connectivity index (χ3v) is 2.80. The summed E-state index contributed by atoms with van der Waals surface area (Å²) >= 11 is 0. The van der Waals surface area contributed by atoms with Crippen LogP contribution in [-0.2, 0) is 4.74 Å². The van der Waals surface area contributed by atoms with Gasteiger partial charge in [-0.3, -0.25) is 0 Å². The van der Waals surface area contributed by atoms with Gasteiger partial charge in [-0.2, -0.15) is 0 Å². The molecule has 17 heavy (non-hydrogen) atoms. The van der Waals surface area contributed by atoms with Gasteiger partial charge in [0, 0.05) is 11.5 Å². The molecule has 0 aromatic rings. The molecule has 0 saturated carbocycles. The number of azide groups is 1. The average Bonchev–Trinajstić information content (AvgIpc) is 2.34. The molecule has 0 spiro atoms. The second kappa shape index (κ2) is 6.75. The average molecular weight is 247 g/mol. The minimum Gasteiger partial charge on any atom is -0.394 e. The second-order valence-corrected chi connectivity index (χ2v) is 3.96. The second-order valence-electron chi connectivity index (χ2n) is 3.96. The third-order valence-electron chi connectivity index (χ3n) is 2.80. The lowest BCUT2D eigenvalue weighted by molar-refractivity contribution is -0.230. The van der Waals surface area contributed by atoms with E-state index >= 15 is 0 Å². The van der Waals surface area contributed by atoms with Crippen LogP contribution in [0.15, 0.2) is 5.11 Å². The molecule has 1 rings (SSSR count). The first-order valence-electron chi connectivity index (χ1n) is 5.43. The highest BCUT2D eigenvalue weighted by atomic mass is 16.5. The Morgan fingerprint density at radius 2 is 1.76 bits per heavy atom. The summed E-state index contributed by atoms with van der Waals surface area (Å²) < 4.78 is 5.27. The largest absolute Gasteiger partial charge is 0.394 e. The molecule has 0 aromatic carbocycles. The van der Waals surface area contributed by atoms with Crippen LogP contribution in [0.1, 0.15) is 12.8 Å². The minimum absolute atomic E-state index is 0.269. The van der Waals surface area contributed by atoms with Gasteiger partial charge in [0.15, 0.2) is 0 Å². The summed E-state index contributed by atoms with van der Waals surface area (Å²) in [5.74, 6) is 0. The van der Waals surface area contributed by atoms with Crippen molar-refractivity contribution in [2.24, 2.45) is 5.11 Å². The van der Waals surface area contributed by atoms with E-state index in [1.807, 2.05) is 0 Å². The summed E-state index contributed by atoms with van der Waals surface area (Å²) in [6.45, 7) is -0.163. The summed E-state index contributed by atoms with van der Waals surface area (Å²) in [4.78, 5) is 2.59. The normalized spacial score (nSPS) is 37.5. The Hall–Kier alpha value is -0.890. The van der Waals surface area contributed by atoms with Gasteiger partial charge in [-0.1, -0.05) is 5.11 Å². The molecule has 98 valence electrons. The van der Waals surface area contributed by atoms with Gasteiger partial charge >= 0.3 is 0 Å². The lowest BCUT2D eigenvalue weighted by Gasteiger charge is -2.40. The van der Waals surface area contributed by atoms with Crippen molar-refractivity contribution in [3.8, 4) is 0 Å². The van der Waals surface area contributed by atoms with Crippen molar-refractivity contribution in [2.75, 3.05) is 13.2 Å². The van der Waals surface area contributed by atoms with Crippen LogP contribution in [0.3, 0.4) is 0 Å². The van der Waals surface area contributed by atoms with E-state index in [0.29, 0.717) is 12.8 Å². The fourth-order valence-electron chi connectivity index (χ4n) is 1.83. The molecule has 1 saturated heterocycles. The van der Waals surface area contributed by atoms with Gasteiger partial charge in [0.05, 0.1) is 12.7 Å². The summed E-state index contributed by atoms with van der Waals surface area (Å²) in [5.41, 5.74) is 8.08. The summed E-state index contributed by atoms with van der Waals surface area (Å²) in [6, 6.07) is 0. The molecule has 1 aliphatic heterocycles. The Kier molecular flexibility index (Phi) is 5.63. The molecule has 4 N–H and O–H groups in total. The molecule has 1 heterocycles. The molecule has 2 unspecified atom stereocenters. The van der Waals surface area contributed by atoms with E-state index in [0.717, 1.165) is 0 Å². The predicted octanol–water partition coefficient (Wildman–Crippen LogP) is -1.08. The molecule has 1 aliphatic rings. The van der Waals surface area contributed by atoms with E-state index in [9.17, 15) is 15.3 Å². The standard InChI is InChI=1S/C9H17N3O5/c10-12-11-3-1-2-5-7(14)9(16)8(15)6(4-13)17-5/h5-9,13-16H,1-4H2/t5-,6?,7?,8+,9-/m1/s1. The Morgan fingerprint density at radius 3 is 2.35 bits per heavy atom. The van der Waals surface area contributed by atoms with Crippen molar-refractivity contribution in [3.63, 3.8) is 0 Å². The summed E-state index contributed by atoms with van der Waals surface area (Å²) in [7, 11) is 0. The Morgan fingerprint density at radius 1 is 1.12 bits per heavy atom. The van der Waals surface area contributed by atoms with Gasteiger partial charge in [-0.05, 0) is 18.4 Å². The van der Waals surface area contributed by atoms with Crippen LogP contribution in [0.5, 0.6) is 0 Å². The molecule has 0 aromatic heterocycles. The highest BCUT2D eigenvalue weighted by Crippen LogP contribution is 2.23. The van der Waals surface area contributed by atoms with Gasteiger partial charge in [0.25, 0.3) is 0 Å². The van der Waals surface area contributed by atoms with Crippen LogP contribution in [0.25, 0.3) is 10.4 Å². The van der Waals surface area contributed by atoms with Crippen LogP contribution < -0.4 is 0 Å². The van der Waals surface area contributed by atoms with E-state index in [1.165, 1.54) is 0 Å². The zero-order valence-corrected chi connectivity index (χ0v) is 9.25. The van der Waals surface area contributed by atoms with Crippen LogP contribution >= 0.6 is 0 Å². The van der Waals surface area contributed by atoms with Gasteiger partial charge in [0.1, 0.15) is 24.4 Å². The lowest BCUT2D eigenvalue weighted by atomic mass is 9.93. The maximum Gasteiger partial charge on any atom is 0.111 e. The molecule has 0 radical (unpaired) electrons. The molecular weight excluding hydrogens is 230 g/mol. The third kappa shape index (κ3) is 3.53. The van der Waals surface area contributed by atoms with Crippen molar-refractivity contribution in [3.05, 3.63) is 10.4 Å². The minimum atomic E-state index is -1.34. The fourth-order valence-corrected chi connectivity index (χ4v) is 1.83. The molecule has 8 nitrogen and oxygen atoms in total. The van der Waals surface area contributed by atoms with Crippen molar-refractivity contribution in [1.82, 2.24) is 0 Å². The van der Waals surface area contributed by atoms with Crippen molar-refractivity contribution in [2.45, 2.75) is 43.4 Å². The van der Waals surface area contributed by atoms with Crippen LogP contribution in [0, 0.1) is 0 Å². The van der Waals surface area contributed by atoms with Crippen LogP contribution in [-0.4, -0.2) is 64.1 Å². The van der Waals surface area contributed by atoms with Gasteiger partial charge < -0.3 is 25.2 Å². The van der Waals surface area contributed by atoms with E-state index < -0.39 is 37.1 Å². The molecule has 0 aliphatic carbocycles.